The van der Waals surface area contributed by atoms with E-state index in [0.717, 1.165) is 17.0 Å². The van der Waals surface area contributed by atoms with Crippen LogP contribution in [-0.4, -0.2) is 17.6 Å². The Labute approximate surface area is 135 Å². The fraction of sp³-hybridized carbons (Fsp3) is 0.412. The maximum absolute atomic E-state index is 12.1. The molecule has 0 unspecified atom stereocenters. The molecule has 118 valence electrons. The summed E-state index contributed by atoms with van der Waals surface area (Å²) in [6.45, 7) is 6.51. The zero-order chi connectivity index (χ0) is 16.2. The van der Waals surface area contributed by atoms with Gasteiger partial charge in [0.05, 0.1) is 5.69 Å². The standard InChI is InChI=1S/C17H21ClN2O2/c1-12-10-15(20-22-12)8-9-19-16(21)11-17(2,3)13-4-6-14(18)7-5-13/h4-7,10H,8-9,11H2,1-3H3,(H,19,21). The zero-order valence-electron chi connectivity index (χ0n) is 13.1. The molecule has 0 atom stereocenters. The van der Waals surface area contributed by atoms with E-state index in [1.807, 2.05) is 37.3 Å². The van der Waals surface area contributed by atoms with E-state index in [1.165, 1.54) is 0 Å². The van der Waals surface area contributed by atoms with E-state index in [-0.39, 0.29) is 11.3 Å². The monoisotopic (exact) mass is 320 g/mol. The zero-order valence-corrected chi connectivity index (χ0v) is 13.9. The molecule has 1 aromatic carbocycles. The lowest BCUT2D eigenvalue weighted by Crippen LogP contribution is -2.32. The summed E-state index contributed by atoms with van der Waals surface area (Å²) < 4.78 is 5.00. The van der Waals surface area contributed by atoms with E-state index in [2.05, 4.69) is 24.3 Å². The van der Waals surface area contributed by atoms with E-state index < -0.39 is 0 Å². The summed E-state index contributed by atoms with van der Waals surface area (Å²) in [5.41, 5.74) is 1.72. The topological polar surface area (TPSA) is 55.1 Å². The molecule has 1 amide bonds. The number of carbonyl (C=O) groups excluding carboxylic acids is 1. The summed E-state index contributed by atoms with van der Waals surface area (Å²) in [7, 11) is 0. The number of aryl methyl sites for hydroxylation is 1. The Hall–Kier alpha value is -1.81. The Morgan fingerprint density at radius 2 is 2.00 bits per heavy atom. The molecule has 0 bridgehead atoms. The number of hydrogen-bond acceptors (Lipinski definition) is 3. The second-order valence-electron chi connectivity index (χ2n) is 6.10. The maximum Gasteiger partial charge on any atom is 0.220 e. The van der Waals surface area contributed by atoms with Crippen molar-refractivity contribution in [3.63, 3.8) is 0 Å². The van der Waals surface area contributed by atoms with Crippen molar-refractivity contribution in [2.75, 3.05) is 6.54 Å². The molecule has 1 aromatic heterocycles. The largest absolute Gasteiger partial charge is 0.361 e. The van der Waals surface area contributed by atoms with Crippen LogP contribution in [0, 0.1) is 6.92 Å². The van der Waals surface area contributed by atoms with Crippen molar-refractivity contribution in [1.82, 2.24) is 10.5 Å². The third-order valence-corrected chi connectivity index (χ3v) is 3.86. The fourth-order valence-corrected chi connectivity index (χ4v) is 2.46. The number of rotatable bonds is 6. The quantitative estimate of drug-likeness (QED) is 0.883. The molecule has 5 heteroatoms. The van der Waals surface area contributed by atoms with Crippen LogP contribution in [0.1, 0.15) is 37.3 Å². The van der Waals surface area contributed by atoms with Crippen LogP contribution in [0.5, 0.6) is 0 Å². The number of halogens is 1. The average Bonchev–Trinajstić information content (AvgIpc) is 2.84. The first kappa shape index (κ1) is 16.6. The highest BCUT2D eigenvalue weighted by molar-refractivity contribution is 6.30. The summed E-state index contributed by atoms with van der Waals surface area (Å²) in [5.74, 6) is 0.811. The van der Waals surface area contributed by atoms with Gasteiger partial charge in [-0.3, -0.25) is 4.79 Å². The molecule has 2 aromatic rings. The minimum atomic E-state index is -0.237. The van der Waals surface area contributed by atoms with E-state index in [4.69, 9.17) is 16.1 Å². The number of amides is 1. The van der Waals surface area contributed by atoms with Crippen LogP contribution in [0.15, 0.2) is 34.9 Å². The Bertz CT molecular complexity index is 632. The SMILES string of the molecule is Cc1cc(CCNC(=O)CC(C)(C)c2ccc(Cl)cc2)no1. The smallest absolute Gasteiger partial charge is 0.220 e. The highest BCUT2D eigenvalue weighted by atomic mass is 35.5. The van der Waals surface area contributed by atoms with E-state index in [9.17, 15) is 4.79 Å². The molecular weight excluding hydrogens is 300 g/mol. The van der Waals surface area contributed by atoms with Crippen LogP contribution in [0.4, 0.5) is 0 Å². The van der Waals surface area contributed by atoms with Gasteiger partial charge in [0, 0.05) is 30.5 Å². The van der Waals surface area contributed by atoms with Gasteiger partial charge >= 0.3 is 0 Å². The molecule has 0 radical (unpaired) electrons. The van der Waals surface area contributed by atoms with Gasteiger partial charge in [-0.2, -0.15) is 0 Å². The minimum Gasteiger partial charge on any atom is -0.361 e. The fourth-order valence-electron chi connectivity index (χ4n) is 2.33. The van der Waals surface area contributed by atoms with Crippen molar-refractivity contribution < 1.29 is 9.32 Å². The van der Waals surface area contributed by atoms with Crippen LogP contribution in [-0.2, 0) is 16.6 Å². The van der Waals surface area contributed by atoms with Gasteiger partial charge in [-0.25, -0.2) is 0 Å². The van der Waals surface area contributed by atoms with Crippen molar-refractivity contribution >= 4 is 17.5 Å². The molecule has 0 fully saturated rings. The Balaban J connectivity index is 1.83. The second kappa shape index (κ2) is 6.97. The van der Waals surface area contributed by atoms with E-state index in [0.29, 0.717) is 24.4 Å². The number of benzene rings is 1. The van der Waals surface area contributed by atoms with Gasteiger partial charge in [0.25, 0.3) is 0 Å². The number of hydrogen-bond donors (Lipinski definition) is 1. The summed E-state index contributed by atoms with van der Waals surface area (Å²) >= 11 is 5.90. The van der Waals surface area contributed by atoms with E-state index in [1.54, 1.807) is 0 Å². The maximum atomic E-state index is 12.1. The van der Waals surface area contributed by atoms with Crippen LogP contribution >= 0.6 is 11.6 Å². The molecule has 0 aliphatic heterocycles. The van der Waals surface area contributed by atoms with Crippen molar-refractivity contribution in [2.24, 2.45) is 0 Å². The minimum absolute atomic E-state index is 0.0279. The highest BCUT2D eigenvalue weighted by Crippen LogP contribution is 2.27. The highest BCUT2D eigenvalue weighted by Gasteiger charge is 2.24. The predicted octanol–water partition coefficient (Wildman–Crippen LogP) is 3.66. The summed E-state index contributed by atoms with van der Waals surface area (Å²) in [6, 6.07) is 9.51. The van der Waals surface area contributed by atoms with Crippen LogP contribution in [0.3, 0.4) is 0 Å². The number of carbonyl (C=O) groups is 1. The summed E-state index contributed by atoms with van der Waals surface area (Å²) in [6.07, 6.45) is 1.09. The molecule has 1 N–H and O–H groups in total. The van der Waals surface area contributed by atoms with Gasteiger partial charge in [-0.1, -0.05) is 42.7 Å². The molecule has 1 heterocycles. The van der Waals surface area contributed by atoms with Gasteiger partial charge in [0.1, 0.15) is 5.76 Å². The molecule has 0 saturated carbocycles. The number of nitrogens with one attached hydrogen (secondary N) is 1. The lowest BCUT2D eigenvalue weighted by molar-refractivity contribution is -0.122. The Kier molecular flexibility index (Phi) is 5.24. The average molecular weight is 321 g/mol. The lowest BCUT2D eigenvalue weighted by Gasteiger charge is -2.24. The van der Waals surface area contributed by atoms with Gasteiger partial charge < -0.3 is 9.84 Å². The van der Waals surface area contributed by atoms with Crippen molar-refractivity contribution in [3.8, 4) is 0 Å². The Morgan fingerprint density at radius 3 is 2.59 bits per heavy atom. The molecule has 0 aliphatic carbocycles. The van der Waals surface area contributed by atoms with Gasteiger partial charge in [0.15, 0.2) is 0 Å². The summed E-state index contributed by atoms with van der Waals surface area (Å²) in [5, 5.41) is 7.54. The predicted molar refractivity (Wildman–Crippen MR) is 87.0 cm³/mol. The molecular formula is C17H21ClN2O2. The van der Waals surface area contributed by atoms with Crippen LogP contribution < -0.4 is 5.32 Å². The second-order valence-corrected chi connectivity index (χ2v) is 6.53. The Morgan fingerprint density at radius 1 is 1.32 bits per heavy atom. The van der Waals surface area contributed by atoms with Crippen LogP contribution in [0.2, 0.25) is 5.02 Å². The molecule has 0 aliphatic rings. The first-order valence-corrected chi connectivity index (χ1v) is 7.69. The van der Waals surface area contributed by atoms with Crippen LogP contribution in [0.25, 0.3) is 0 Å². The van der Waals surface area contributed by atoms with Gasteiger partial charge in [0.2, 0.25) is 5.91 Å². The molecule has 0 spiro atoms. The van der Waals surface area contributed by atoms with Gasteiger partial charge in [-0.15, -0.1) is 0 Å². The number of nitrogens with zero attached hydrogens (tertiary/aromatic N) is 1. The van der Waals surface area contributed by atoms with Crippen molar-refractivity contribution in [3.05, 3.63) is 52.4 Å². The first-order valence-electron chi connectivity index (χ1n) is 7.32. The third kappa shape index (κ3) is 4.60. The normalized spacial score (nSPS) is 11.5. The summed E-state index contributed by atoms with van der Waals surface area (Å²) in [4.78, 5) is 12.1. The molecule has 4 nitrogen and oxygen atoms in total. The first-order chi connectivity index (χ1) is 10.4. The molecule has 2 rings (SSSR count). The van der Waals surface area contributed by atoms with Gasteiger partial charge in [-0.05, 0) is 30.0 Å². The van der Waals surface area contributed by atoms with Crippen molar-refractivity contribution in [1.29, 1.82) is 0 Å². The van der Waals surface area contributed by atoms with Crippen molar-refractivity contribution in [2.45, 2.75) is 39.0 Å². The lowest BCUT2D eigenvalue weighted by atomic mass is 9.81. The third-order valence-electron chi connectivity index (χ3n) is 3.61. The van der Waals surface area contributed by atoms with E-state index >= 15 is 0 Å². The molecule has 22 heavy (non-hydrogen) atoms. The number of aromatic nitrogens is 1. The molecule has 0 saturated heterocycles.